The summed E-state index contributed by atoms with van der Waals surface area (Å²) in [6.07, 6.45) is 3.13. The number of halogens is 1. The fourth-order valence-corrected chi connectivity index (χ4v) is 5.29. The van der Waals surface area contributed by atoms with Gasteiger partial charge in [0.1, 0.15) is 5.82 Å². The molecule has 172 valence electrons. The Hall–Kier alpha value is -2.93. The third kappa shape index (κ3) is 4.22. The maximum Gasteiger partial charge on any atom is 0.408 e. The molecule has 0 unspecified atom stereocenters. The molecule has 2 aliphatic rings. The van der Waals surface area contributed by atoms with Gasteiger partial charge in [-0.3, -0.25) is 14.5 Å². The smallest absolute Gasteiger partial charge is 0.408 e. The van der Waals surface area contributed by atoms with Crippen molar-refractivity contribution in [2.24, 2.45) is 0 Å². The van der Waals surface area contributed by atoms with Crippen molar-refractivity contribution in [2.75, 3.05) is 0 Å². The molecule has 0 saturated heterocycles. The number of nitrogens with zero attached hydrogens (tertiary/aromatic N) is 5. The average Bonchev–Trinajstić information content (AvgIpc) is 3.14. The van der Waals surface area contributed by atoms with E-state index in [9.17, 15) is 9.90 Å². The molecule has 0 bridgehead atoms. The Labute approximate surface area is 198 Å². The van der Waals surface area contributed by atoms with Crippen molar-refractivity contribution in [1.82, 2.24) is 24.6 Å². The number of hydrogen-bond donors (Lipinski definition) is 1. The van der Waals surface area contributed by atoms with E-state index in [1.54, 1.807) is 0 Å². The number of pyridine rings is 1. The van der Waals surface area contributed by atoms with E-state index < -0.39 is 6.09 Å². The summed E-state index contributed by atoms with van der Waals surface area (Å²) in [4.78, 5) is 18.1. The number of aromatic nitrogens is 4. The summed E-state index contributed by atoms with van der Waals surface area (Å²) < 4.78 is 2.07. The van der Waals surface area contributed by atoms with Crippen LogP contribution in [0.3, 0.4) is 0 Å². The summed E-state index contributed by atoms with van der Waals surface area (Å²) >= 11 is 6.24. The Kier molecular flexibility index (Phi) is 5.83. The minimum Gasteiger partial charge on any atom is -0.465 e. The van der Waals surface area contributed by atoms with E-state index in [0.29, 0.717) is 22.7 Å². The molecule has 1 amide bonds. The van der Waals surface area contributed by atoms with Gasteiger partial charge in [0.25, 0.3) is 0 Å². The highest BCUT2D eigenvalue weighted by Crippen LogP contribution is 2.41. The number of carbonyl (C=O) groups is 1. The Morgan fingerprint density at radius 1 is 1.06 bits per heavy atom. The standard InChI is InChI=1S/C25H28ClN5O2/c1-15(2)20-4-3-5-21(27-20)16-6-8-17(9-7-16)24-29-28-23-14-30(25(32)33)13-18-12-19(26)10-11-22(18)31(23)24/h3-5,10-12,15-17H,6-9,13-14H2,1-2H3,(H,32,33). The molecule has 0 spiro atoms. The van der Waals surface area contributed by atoms with E-state index in [1.165, 1.54) is 10.6 Å². The number of benzene rings is 1. The molecule has 1 aliphatic heterocycles. The second-order valence-electron chi connectivity index (χ2n) is 9.41. The van der Waals surface area contributed by atoms with E-state index in [2.05, 4.69) is 46.8 Å². The topological polar surface area (TPSA) is 84.1 Å². The minimum absolute atomic E-state index is 0.204. The second-order valence-corrected chi connectivity index (χ2v) is 9.85. The minimum atomic E-state index is -0.976. The van der Waals surface area contributed by atoms with Crippen molar-refractivity contribution in [3.05, 3.63) is 70.0 Å². The predicted octanol–water partition coefficient (Wildman–Crippen LogP) is 5.87. The SMILES string of the molecule is CC(C)c1cccc(C2CCC(c3nnc4n3-c3ccc(Cl)cc3CN(C(=O)O)C4)CC2)n1. The summed E-state index contributed by atoms with van der Waals surface area (Å²) in [5.41, 5.74) is 4.13. The summed E-state index contributed by atoms with van der Waals surface area (Å²) in [7, 11) is 0. The van der Waals surface area contributed by atoms with Crippen molar-refractivity contribution in [2.45, 2.75) is 70.4 Å². The van der Waals surface area contributed by atoms with Gasteiger partial charge in [0, 0.05) is 28.2 Å². The van der Waals surface area contributed by atoms with Crippen LogP contribution in [0.4, 0.5) is 4.79 Å². The first-order valence-corrected chi connectivity index (χ1v) is 12.0. The molecule has 1 N–H and O–H groups in total. The lowest BCUT2D eigenvalue weighted by atomic mass is 9.79. The van der Waals surface area contributed by atoms with Crippen molar-refractivity contribution in [1.29, 1.82) is 0 Å². The zero-order valence-corrected chi connectivity index (χ0v) is 19.7. The fraction of sp³-hybridized carbons (Fsp3) is 0.440. The van der Waals surface area contributed by atoms with Gasteiger partial charge in [-0.2, -0.15) is 0 Å². The monoisotopic (exact) mass is 465 g/mol. The largest absolute Gasteiger partial charge is 0.465 e. The van der Waals surface area contributed by atoms with Crippen molar-refractivity contribution in [3.63, 3.8) is 0 Å². The molecule has 33 heavy (non-hydrogen) atoms. The van der Waals surface area contributed by atoms with Gasteiger partial charge >= 0.3 is 6.09 Å². The summed E-state index contributed by atoms with van der Waals surface area (Å²) in [6, 6.07) is 12.0. The third-order valence-corrected chi connectivity index (χ3v) is 7.13. The lowest BCUT2D eigenvalue weighted by Crippen LogP contribution is -2.27. The molecule has 1 fully saturated rings. The first kappa shape index (κ1) is 21.9. The Morgan fingerprint density at radius 3 is 2.55 bits per heavy atom. The lowest BCUT2D eigenvalue weighted by Gasteiger charge is -2.28. The van der Waals surface area contributed by atoms with Crippen LogP contribution in [0.2, 0.25) is 5.02 Å². The Balaban J connectivity index is 1.42. The Morgan fingerprint density at radius 2 is 1.82 bits per heavy atom. The van der Waals surface area contributed by atoms with Gasteiger partial charge in [0.05, 0.1) is 18.8 Å². The second kappa shape index (κ2) is 8.78. The molecule has 3 aromatic rings. The molecular formula is C25H28ClN5O2. The van der Waals surface area contributed by atoms with Gasteiger partial charge in [-0.15, -0.1) is 10.2 Å². The van der Waals surface area contributed by atoms with Gasteiger partial charge in [-0.05, 0) is 67.5 Å². The van der Waals surface area contributed by atoms with E-state index in [1.807, 2.05) is 18.2 Å². The van der Waals surface area contributed by atoms with E-state index in [-0.39, 0.29) is 19.0 Å². The van der Waals surface area contributed by atoms with Crippen LogP contribution in [-0.2, 0) is 13.1 Å². The molecule has 1 saturated carbocycles. The zero-order valence-electron chi connectivity index (χ0n) is 18.9. The van der Waals surface area contributed by atoms with Gasteiger partial charge in [-0.1, -0.05) is 31.5 Å². The summed E-state index contributed by atoms with van der Waals surface area (Å²) in [5.74, 6) is 2.73. The van der Waals surface area contributed by atoms with Gasteiger partial charge in [0.2, 0.25) is 0 Å². The van der Waals surface area contributed by atoms with Crippen LogP contribution >= 0.6 is 11.6 Å². The summed E-state index contributed by atoms with van der Waals surface area (Å²) in [6.45, 7) is 4.83. The normalized spacial score (nSPS) is 20.3. The molecule has 2 aromatic heterocycles. The highest BCUT2D eigenvalue weighted by atomic mass is 35.5. The molecule has 0 radical (unpaired) electrons. The van der Waals surface area contributed by atoms with Crippen LogP contribution < -0.4 is 0 Å². The molecule has 1 aliphatic carbocycles. The van der Waals surface area contributed by atoms with Crippen LogP contribution in [0.1, 0.15) is 85.9 Å². The molecule has 3 heterocycles. The predicted molar refractivity (Wildman–Crippen MR) is 126 cm³/mol. The number of fused-ring (bicyclic) bond motifs is 3. The van der Waals surface area contributed by atoms with Crippen molar-refractivity contribution < 1.29 is 9.90 Å². The number of carboxylic acid groups (broad SMARTS) is 1. The van der Waals surface area contributed by atoms with Crippen LogP contribution in [0.25, 0.3) is 5.69 Å². The van der Waals surface area contributed by atoms with Crippen molar-refractivity contribution >= 4 is 17.7 Å². The third-order valence-electron chi connectivity index (χ3n) is 6.90. The first-order chi connectivity index (χ1) is 15.9. The van der Waals surface area contributed by atoms with Crippen LogP contribution in [0, 0.1) is 0 Å². The van der Waals surface area contributed by atoms with Gasteiger partial charge in [0.15, 0.2) is 5.82 Å². The zero-order chi connectivity index (χ0) is 23.1. The van der Waals surface area contributed by atoms with E-state index >= 15 is 0 Å². The van der Waals surface area contributed by atoms with Crippen LogP contribution in [0.5, 0.6) is 0 Å². The Bertz CT molecular complexity index is 1180. The van der Waals surface area contributed by atoms with E-state index in [4.69, 9.17) is 16.6 Å². The van der Waals surface area contributed by atoms with Crippen molar-refractivity contribution in [3.8, 4) is 5.69 Å². The molecule has 1 aromatic carbocycles. The van der Waals surface area contributed by atoms with Gasteiger partial charge in [-0.25, -0.2) is 4.79 Å². The molecule has 5 rings (SSSR count). The molecule has 0 atom stereocenters. The maximum absolute atomic E-state index is 11.8. The van der Waals surface area contributed by atoms with Crippen LogP contribution in [-0.4, -0.2) is 35.8 Å². The first-order valence-electron chi connectivity index (χ1n) is 11.6. The number of hydrogen-bond acceptors (Lipinski definition) is 4. The average molecular weight is 466 g/mol. The molecule has 8 heteroatoms. The number of amides is 1. The maximum atomic E-state index is 11.8. The quantitative estimate of drug-likeness (QED) is 0.522. The highest BCUT2D eigenvalue weighted by Gasteiger charge is 2.32. The number of rotatable bonds is 3. The lowest BCUT2D eigenvalue weighted by molar-refractivity contribution is 0.139. The highest BCUT2D eigenvalue weighted by molar-refractivity contribution is 6.30. The summed E-state index contributed by atoms with van der Waals surface area (Å²) in [5, 5.41) is 19.2. The van der Waals surface area contributed by atoms with Gasteiger partial charge < -0.3 is 5.11 Å². The van der Waals surface area contributed by atoms with Crippen LogP contribution in [0.15, 0.2) is 36.4 Å². The van der Waals surface area contributed by atoms with E-state index in [0.717, 1.165) is 48.5 Å². The molecule has 7 nitrogen and oxygen atoms in total. The fourth-order valence-electron chi connectivity index (χ4n) is 5.09. The molecular weight excluding hydrogens is 438 g/mol.